The topological polar surface area (TPSA) is 83.2 Å². The van der Waals surface area contributed by atoms with Gasteiger partial charge in [0, 0.05) is 33.2 Å². The fourth-order valence-electron chi connectivity index (χ4n) is 2.72. The molecule has 1 amide bonds. The number of hydrogen-bond acceptors (Lipinski definition) is 6. The van der Waals surface area contributed by atoms with E-state index in [-0.39, 0.29) is 30.1 Å². The van der Waals surface area contributed by atoms with E-state index in [1.165, 1.54) is 0 Å². The molecule has 1 saturated heterocycles. The van der Waals surface area contributed by atoms with Gasteiger partial charge in [0.2, 0.25) is 5.89 Å². The second kappa shape index (κ2) is 10.5. The molecule has 0 saturated carbocycles. The van der Waals surface area contributed by atoms with Crippen LogP contribution in [0.1, 0.15) is 12.6 Å². The molecule has 1 aliphatic heterocycles. The highest BCUT2D eigenvalue weighted by Crippen LogP contribution is 2.23. The molecule has 2 aromatic rings. The van der Waals surface area contributed by atoms with Gasteiger partial charge in [-0.3, -0.25) is 4.99 Å². The van der Waals surface area contributed by atoms with Crippen LogP contribution >= 0.6 is 35.3 Å². The number of hydrogen-bond donors (Lipinski definition) is 1. The maximum atomic E-state index is 11.8. The lowest BCUT2D eigenvalue weighted by atomic mass is 10.3. The molecule has 0 aromatic carbocycles. The predicted molar refractivity (Wildman–Crippen MR) is 116 cm³/mol. The van der Waals surface area contributed by atoms with Crippen molar-refractivity contribution in [2.75, 3.05) is 39.8 Å². The summed E-state index contributed by atoms with van der Waals surface area (Å²) in [5, 5.41) is 5.30. The van der Waals surface area contributed by atoms with Crippen molar-refractivity contribution in [2.45, 2.75) is 13.5 Å². The number of thiophene rings is 1. The van der Waals surface area contributed by atoms with E-state index in [0.29, 0.717) is 45.2 Å². The number of amides is 1. The zero-order valence-electron chi connectivity index (χ0n) is 15.4. The third kappa shape index (κ3) is 5.58. The van der Waals surface area contributed by atoms with Crippen LogP contribution in [0.5, 0.6) is 0 Å². The van der Waals surface area contributed by atoms with Gasteiger partial charge in [-0.1, -0.05) is 6.07 Å². The van der Waals surface area contributed by atoms with E-state index in [1.807, 2.05) is 24.4 Å². The molecule has 0 aliphatic carbocycles. The van der Waals surface area contributed by atoms with Gasteiger partial charge in [0.25, 0.3) is 0 Å². The van der Waals surface area contributed by atoms with Crippen LogP contribution in [-0.4, -0.2) is 66.7 Å². The van der Waals surface area contributed by atoms with E-state index >= 15 is 0 Å². The van der Waals surface area contributed by atoms with Crippen LogP contribution < -0.4 is 5.32 Å². The third-order valence-corrected chi connectivity index (χ3v) is 4.89. The number of rotatable bonds is 4. The quantitative estimate of drug-likeness (QED) is 0.391. The number of piperazine rings is 1. The summed E-state index contributed by atoms with van der Waals surface area (Å²) < 4.78 is 10.6. The Morgan fingerprint density at radius 2 is 2.11 bits per heavy atom. The molecule has 1 fully saturated rings. The minimum absolute atomic E-state index is 0. The standard InChI is InChI=1S/C17H23N5O3S.HI/c1-3-24-17(23)22-8-6-21(7-9-22)16(18-2)19-11-13-12-25-15(20-13)14-5-4-10-26-14;/h4-5,10,12H,3,6-9,11H2,1-2H3,(H,18,19);1H. The monoisotopic (exact) mass is 505 g/mol. The number of aromatic nitrogens is 1. The number of nitrogens with one attached hydrogen (secondary N) is 1. The normalized spacial score (nSPS) is 14.7. The second-order valence-corrected chi connectivity index (χ2v) is 6.64. The van der Waals surface area contributed by atoms with Crippen molar-refractivity contribution in [1.29, 1.82) is 0 Å². The van der Waals surface area contributed by atoms with Crippen LogP contribution in [0.3, 0.4) is 0 Å². The van der Waals surface area contributed by atoms with Crippen LogP contribution in [0.25, 0.3) is 10.8 Å². The number of carbonyl (C=O) groups excluding carboxylic acids is 1. The van der Waals surface area contributed by atoms with Gasteiger partial charge in [0.15, 0.2) is 5.96 Å². The number of nitrogens with zero attached hydrogens (tertiary/aromatic N) is 4. The summed E-state index contributed by atoms with van der Waals surface area (Å²) in [5.41, 5.74) is 0.819. The number of guanidine groups is 1. The van der Waals surface area contributed by atoms with Gasteiger partial charge in [-0.15, -0.1) is 35.3 Å². The van der Waals surface area contributed by atoms with Gasteiger partial charge < -0.3 is 24.3 Å². The zero-order chi connectivity index (χ0) is 18.4. The van der Waals surface area contributed by atoms with E-state index < -0.39 is 0 Å². The Morgan fingerprint density at radius 3 is 2.74 bits per heavy atom. The molecule has 1 aliphatic rings. The van der Waals surface area contributed by atoms with Crippen molar-refractivity contribution in [1.82, 2.24) is 20.1 Å². The number of halogens is 1. The van der Waals surface area contributed by atoms with E-state index in [4.69, 9.17) is 9.15 Å². The summed E-state index contributed by atoms with van der Waals surface area (Å²) in [5.74, 6) is 1.42. The molecule has 0 atom stereocenters. The summed E-state index contributed by atoms with van der Waals surface area (Å²) in [4.78, 5) is 25.5. The van der Waals surface area contributed by atoms with Crippen LogP contribution in [0.15, 0.2) is 33.2 Å². The Labute approximate surface area is 179 Å². The van der Waals surface area contributed by atoms with Crippen molar-refractivity contribution < 1.29 is 13.9 Å². The van der Waals surface area contributed by atoms with Crippen LogP contribution in [-0.2, 0) is 11.3 Å². The zero-order valence-corrected chi connectivity index (χ0v) is 18.5. The highest BCUT2D eigenvalue weighted by molar-refractivity contribution is 14.0. The Morgan fingerprint density at radius 1 is 1.37 bits per heavy atom. The molecule has 27 heavy (non-hydrogen) atoms. The van der Waals surface area contributed by atoms with Gasteiger partial charge in [-0.25, -0.2) is 9.78 Å². The molecule has 0 spiro atoms. The average Bonchev–Trinajstić information content (AvgIpc) is 3.34. The molecule has 8 nitrogen and oxygen atoms in total. The number of ether oxygens (including phenoxy) is 1. The maximum Gasteiger partial charge on any atom is 0.409 e. The number of oxazole rings is 1. The SMILES string of the molecule is CCOC(=O)N1CCN(C(=NC)NCc2coc(-c3cccs3)n2)CC1.I. The van der Waals surface area contributed by atoms with Gasteiger partial charge in [0.05, 0.1) is 23.7 Å². The van der Waals surface area contributed by atoms with Crippen LogP contribution in [0, 0.1) is 0 Å². The molecule has 148 valence electrons. The van der Waals surface area contributed by atoms with Gasteiger partial charge in [-0.2, -0.15) is 0 Å². The number of aliphatic imine (C=N–C) groups is 1. The first-order valence-electron chi connectivity index (χ1n) is 8.56. The Kier molecular flexibility index (Phi) is 8.35. The van der Waals surface area contributed by atoms with Crippen molar-refractivity contribution in [3.63, 3.8) is 0 Å². The first-order chi connectivity index (χ1) is 12.7. The minimum atomic E-state index is -0.251. The number of carbonyl (C=O) groups is 1. The lowest BCUT2D eigenvalue weighted by Gasteiger charge is -2.35. The first kappa shape index (κ1) is 21.5. The molecule has 2 aromatic heterocycles. The van der Waals surface area contributed by atoms with Gasteiger partial charge in [-0.05, 0) is 18.4 Å². The van der Waals surface area contributed by atoms with E-state index in [1.54, 1.807) is 29.5 Å². The predicted octanol–water partition coefficient (Wildman–Crippen LogP) is 2.87. The van der Waals surface area contributed by atoms with Gasteiger partial charge in [0.1, 0.15) is 6.26 Å². The molecule has 10 heteroatoms. The van der Waals surface area contributed by atoms with Crippen LogP contribution in [0.4, 0.5) is 4.79 Å². The highest BCUT2D eigenvalue weighted by atomic mass is 127. The average molecular weight is 505 g/mol. The molecule has 0 unspecified atom stereocenters. The Balaban J connectivity index is 0.00000261. The van der Waals surface area contributed by atoms with E-state index in [9.17, 15) is 4.79 Å². The van der Waals surface area contributed by atoms with Gasteiger partial charge >= 0.3 is 6.09 Å². The summed E-state index contributed by atoms with van der Waals surface area (Å²) in [6.45, 7) is 5.38. The molecular formula is C17H24IN5O3S. The van der Waals surface area contributed by atoms with E-state index in [0.717, 1.165) is 16.5 Å². The molecule has 0 bridgehead atoms. The fourth-order valence-corrected chi connectivity index (χ4v) is 3.37. The van der Waals surface area contributed by atoms with Crippen molar-refractivity contribution in [3.05, 3.63) is 29.5 Å². The first-order valence-corrected chi connectivity index (χ1v) is 9.44. The molecule has 3 heterocycles. The Hall–Kier alpha value is -1.82. The molecule has 3 rings (SSSR count). The van der Waals surface area contributed by atoms with Crippen molar-refractivity contribution in [2.24, 2.45) is 4.99 Å². The maximum absolute atomic E-state index is 11.8. The smallest absolute Gasteiger partial charge is 0.409 e. The highest BCUT2D eigenvalue weighted by Gasteiger charge is 2.23. The van der Waals surface area contributed by atoms with Crippen molar-refractivity contribution >= 4 is 47.4 Å². The fraction of sp³-hybridized carbons (Fsp3) is 0.471. The summed E-state index contributed by atoms with van der Waals surface area (Å²) in [6, 6.07) is 3.95. The van der Waals surface area contributed by atoms with E-state index in [2.05, 4.69) is 20.2 Å². The summed E-state index contributed by atoms with van der Waals surface area (Å²) in [7, 11) is 1.75. The molecule has 1 N–H and O–H groups in total. The molecular weight excluding hydrogens is 481 g/mol. The summed E-state index contributed by atoms with van der Waals surface area (Å²) in [6.07, 6.45) is 1.41. The van der Waals surface area contributed by atoms with Crippen molar-refractivity contribution in [3.8, 4) is 10.8 Å². The minimum Gasteiger partial charge on any atom is -0.450 e. The summed E-state index contributed by atoms with van der Waals surface area (Å²) >= 11 is 1.60. The third-order valence-electron chi connectivity index (χ3n) is 4.03. The Bertz CT molecular complexity index is 742. The lowest BCUT2D eigenvalue weighted by Crippen LogP contribution is -2.53. The second-order valence-electron chi connectivity index (χ2n) is 5.70. The molecule has 0 radical (unpaired) electrons. The van der Waals surface area contributed by atoms with Crippen LogP contribution in [0.2, 0.25) is 0 Å². The largest absolute Gasteiger partial charge is 0.450 e. The lowest BCUT2D eigenvalue weighted by molar-refractivity contribution is 0.0914.